The Morgan fingerprint density at radius 3 is 2.50 bits per heavy atom. The largest absolute Gasteiger partial charge is 0.236 e. The van der Waals surface area contributed by atoms with Gasteiger partial charge in [0.2, 0.25) is 0 Å². The zero-order valence-corrected chi connectivity index (χ0v) is 9.47. The quantitative estimate of drug-likeness (QED) is 0.590. The van der Waals surface area contributed by atoms with Crippen LogP contribution in [0.25, 0.3) is 10.9 Å². The van der Waals surface area contributed by atoms with Gasteiger partial charge >= 0.3 is 0 Å². The molecule has 0 aliphatic carbocycles. The highest BCUT2D eigenvalue weighted by atomic mass is 35.5. The van der Waals surface area contributed by atoms with E-state index in [1.807, 2.05) is 51.1 Å². The number of para-hydroxylation sites is 1. The van der Waals surface area contributed by atoms with Crippen LogP contribution in [-0.4, -0.2) is 4.98 Å². The van der Waals surface area contributed by atoms with Gasteiger partial charge in [-0.2, -0.15) is 0 Å². The summed E-state index contributed by atoms with van der Waals surface area (Å²) in [6, 6.07) is 10.00. The topological polar surface area (TPSA) is 12.9 Å². The SMILES string of the molecule is CC.Cc1cc2ccccc2nc1Cl. The van der Waals surface area contributed by atoms with E-state index in [2.05, 4.69) is 4.98 Å². The molecule has 0 bridgehead atoms. The molecule has 74 valence electrons. The van der Waals surface area contributed by atoms with E-state index >= 15 is 0 Å². The fraction of sp³-hybridized carbons (Fsp3) is 0.250. The first-order chi connectivity index (χ1) is 6.77. The molecule has 0 radical (unpaired) electrons. The number of halogens is 1. The van der Waals surface area contributed by atoms with Gasteiger partial charge in [0.05, 0.1) is 5.52 Å². The second-order valence-electron chi connectivity index (χ2n) is 2.79. The summed E-state index contributed by atoms with van der Waals surface area (Å²) in [4.78, 5) is 4.24. The molecule has 0 unspecified atom stereocenters. The minimum atomic E-state index is 0.591. The Labute approximate surface area is 89.7 Å². The van der Waals surface area contributed by atoms with Crippen LogP contribution in [0.4, 0.5) is 0 Å². The van der Waals surface area contributed by atoms with Crippen molar-refractivity contribution in [2.45, 2.75) is 20.8 Å². The van der Waals surface area contributed by atoms with Crippen molar-refractivity contribution < 1.29 is 0 Å². The summed E-state index contributed by atoms with van der Waals surface area (Å²) in [5.74, 6) is 0. The number of benzene rings is 1. The first kappa shape index (κ1) is 11.0. The molecule has 1 aromatic carbocycles. The third-order valence-corrected chi connectivity index (χ3v) is 2.24. The van der Waals surface area contributed by atoms with E-state index in [0.29, 0.717) is 5.15 Å². The van der Waals surface area contributed by atoms with Crippen LogP contribution in [0, 0.1) is 6.92 Å². The van der Waals surface area contributed by atoms with E-state index < -0.39 is 0 Å². The van der Waals surface area contributed by atoms with Crippen molar-refractivity contribution in [3.8, 4) is 0 Å². The average Bonchev–Trinajstić information content (AvgIpc) is 2.23. The number of rotatable bonds is 0. The molecule has 0 aliphatic heterocycles. The first-order valence-corrected chi connectivity index (χ1v) is 5.17. The summed E-state index contributed by atoms with van der Waals surface area (Å²) in [5.41, 5.74) is 1.98. The zero-order valence-electron chi connectivity index (χ0n) is 8.71. The van der Waals surface area contributed by atoms with Gasteiger partial charge in [0.1, 0.15) is 5.15 Å². The molecule has 2 heteroatoms. The van der Waals surface area contributed by atoms with E-state index in [4.69, 9.17) is 11.6 Å². The molecule has 0 amide bonds. The average molecular weight is 208 g/mol. The molecule has 1 heterocycles. The van der Waals surface area contributed by atoms with E-state index in [9.17, 15) is 0 Å². The number of aromatic nitrogens is 1. The Hall–Kier alpha value is -1.08. The fourth-order valence-corrected chi connectivity index (χ4v) is 1.34. The molecular weight excluding hydrogens is 194 g/mol. The van der Waals surface area contributed by atoms with Gasteiger partial charge in [-0.05, 0) is 24.6 Å². The number of hydrogen-bond donors (Lipinski definition) is 0. The summed E-state index contributed by atoms with van der Waals surface area (Å²) in [5, 5.41) is 1.73. The van der Waals surface area contributed by atoms with Crippen LogP contribution < -0.4 is 0 Å². The van der Waals surface area contributed by atoms with Crippen molar-refractivity contribution >= 4 is 22.5 Å². The molecule has 2 rings (SSSR count). The standard InChI is InChI=1S/C10H8ClN.C2H6/c1-7-6-8-4-2-3-5-9(8)12-10(7)11;1-2/h2-6H,1H3;1-2H3. The van der Waals surface area contributed by atoms with Crippen LogP contribution in [0.3, 0.4) is 0 Å². The molecule has 1 aromatic heterocycles. The Morgan fingerprint density at radius 1 is 1.14 bits per heavy atom. The predicted octanol–water partition coefficient (Wildman–Crippen LogP) is 4.22. The smallest absolute Gasteiger partial charge is 0.132 e. The fourth-order valence-electron chi connectivity index (χ4n) is 1.20. The lowest BCUT2D eigenvalue weighted by atomic mass is 10.2. The van der Waals surface area contributed by atoms with Gasteiger partial charge in [-0.15, -0.1) is 0 Å². The summed E-state index contributed by atoms with van der Waals surface area (Å²) in [6.07, 6.45) is 0. The summed E-state index contributed by atoms with van der Waals surface area (Å²) < 4.78 is 0. The highest BCUT2D eigenvalue weighted by Crippen LogP contribution is 2.18. The minimum absolute atomic E-state index is 0.591. The molecular formula is C12H14ClN. The van der Waals surface area contributed by atoms with Crippen LogP contribution in [0.2, 0.25) is 5.15 Å². The summed E-state index contributed by atoms with van der Waals surface area (Å²) >= 11 is 5.88. The van der Waals surface area contributed by atoms with Gasteiger partial charge in [0, 0.05) is 5.39 Å². The second-order valence-corrected chi connectivity index (χ2v) is 3.15. The molecule has 0 spiro atoms. The van der Waals surface area contributed by atoms with Crippen LogP contribution in [0.15, 0.2) is 30.3 Å². The lowest BCUT2D eigenvalue weighted by Gasteiger charge is -1.99. The number of pyridine rings is 1. The number of nitrogens with zero attached hydrogens (tertiary/aromatic N) is 1. The number of aryl methyl sites for hydroxylation is 1. The lowest BCUT2D eigenvalue weighted by molar-refractivity contribution is 1.33. The van der Waals surface area contributed by atoms with Crippen molar-refractivity contribution in [1.82, 2.24) is 4.98 Å². The van der Waals surface area contributed by atoms with Gasteiger partial charge in [0.15, 0.2) is 0 Å². The normalized spacial score (nSPS) is 9.43. The highest BCUT2D eigenvalue weighted by Gasteiger charge is 1.98. The Morgan fingerprint density at radius 2 is 1.79 bits per heavy atom. The molecule has 14 heavy (non-hydrogen) atoms. The van der Waals surface area contributed by atoms with Crippen molar-refractivity contribution in [3.63, 3.8) is 0 Å². The lowest BCUT2D eigenvalue weighted by Crippen LogP contribution is -1.82. The second kappa shape index (κ2) is 4.97. The van der Waals surface area contributed by atoms with E-state index in [1.54, 1.807) is 0 Å². The molecule has 1 nitrogen and oxygen atoms in total. The molecule has 0 aliphatic rings. The number of fused-ring (bicyclic) bond motifs is 1. The third-order valence-electron chi connectivity index (χ3n) is 1.85. The molecule has 0 atom stereocenters. The zero-order chi connectivity index (χ0) is 10.6. The maximum atomic E-state index is 5.88. The first-order valence-electron chi connectivity index (χ1n) is 4.79. The maximum Gasteiger partial charge on any atom is 0.132 e. The van der Waals surface area contributed by atoms with Crippen LogP contribution in [0.5, 0.6) is 0 Å². The molecule has 0 saturated heterocycles. The van der Waals surface area contributed by atoms with Crippen molar-refractivity contribution in [3.05, 3.63) is 41.0 Å². The molecule has 0 saturated carbocycles. The van der Waals surface area contributed by atoms with Crippen molar-refractivity contribution in [1.29, 1.82) is 0 Å². The maximum absolute atomic E-state index is 5.88. The minimum Gasteiger partial charge on any atom is -0.236 e. The van der Waals surface area contributed by atoms with Crippen molar-refractivity contribution in [2.24, 2.45) is 0 Å². The molecule has 2 aromatic rings. The van der Waals surface area contributed by atoms with Gasteiger partial charge in [-0.25, -0.2) is 4.98 Å². The van der Waals surface area contributed by atoms with Crippen LogP contribution in [-0.2, 0) is 0 Å². The van der Waals surface area contributed by atoms with Gasteiger partial charge in [0.25, 0.3) is 0 Å². The van der Waals surface area contributed by atoms with Crippen LogP contribution >= 0.6 is 11.6 Å². The highest BCUT2D eigenvalue weighted by molar-refractivity contribution is 6.30. The third kappa shape index (κ3) is 2.24. The van der Waals surface area contributed by atoms with Gasteiger partial charge < -0.3 is 0 Å². The Balaban J connectivity index is 0.000000461. The summed E-state index contributed by atoms with van der Waals surface area (Å²) in [6.45, 7) is 5.96. The molecule has 0 fully saturated rings. The predicted molar refractivity (Wildman–Crippen MR) is 62.8 cm³/mol. The molecule has 0 N–H and O–H groups in total. The van der Waals surface area contributed by atoms with E-state index in [0.717, 1.165) is 16.5 Å². The summed E-state index contributed by atoms with van der Waals surface area (Å²) in [7, 11) is 0. The Bertz CT molecular complexity index is 383. The monoisotopic (exact) mass is 207 g/mol. The van der Waals surface area contributed by atoms with Gasteiger partial charge in [-0.1, -0.05) is 43.6 Å². The van der Waals surface area contributed by atoms with Crippen molar-refractivity contribution in [2.75, 3.05) is 0 Å². The number of hydrogen-bond acceptors (Lipinski definition) is 1. The Kier molecular flexibility index (Phi) is 3.90. The van der Waals surface area contributed by atoms with Crippen LogP contribution in [0.1, 0.15) is 19.4 Å². The van der Waals surface area contributed by atoms with E-state index in [1.165, 1.54) is 0 Å². The van der Waals surface area contributed by atoms with E-state index in [-0.39, 0.29) is 0 Å². The van der Waals surface area contributed by atoms with Gasteiger partial charge in [-0.3, -0.25) is 0 Å².